The van der Waals surface area contributed by atoms with Crippen LogP contribution >= 0.6 is 7.60 Å². The first-order chi connectivity index (χ1) is 44.8. The minimum absolute atomic E-state index is 0.0142. The lowest BCUT2D eigenvalue weighted by Gasteiger charge is -2.35. The fourth-order valence-electron chi connectivity index (χ4n) is 11.2. The number of imide groups is 1. The normalized spacial score (nSPS) is 13.9. The molecule has 25 nitrogen and oxygen atoms in total. The van der Waals surface area contributed by atoms with Crippen molar-refractivity contribution in [2.24, 2.45) is 5.92 Å². The number of amides is 7. The van der Waals surface area contributed by atoms with Crippen LogP contribution in [0.5, 0.6) is 0 Å². The molecule has 1 aliphatic carbocycles. The molecule has 0 aromatic heterocycles. The summed E-state index contributed by atoms with van der Waals surface area (Å²) in [6, 6.07) is 18.9. The van der Waals surface area contributed by atoms with Crippen LogP contribution in [0.1, 0.15) is 142 Å². The molecule has 2 atom stereocenters. The number of ether oxygens (including phenoxy) is 1. The van der Waals surface area contributed by atoms with Crippen molar-refractivity contribution in [2.75, 3.05) is 102 Å². The molecule has 1 fully saturated rings. The lowest BCUT2D eigenvalue weighted by Crippen LogP contribution is -2.50. The molecule has 4 aliphatic rings. The molecule has 2 aromatic rings. The molecule has 27 heteroatoms. The number of fused-ring (bicyclic) bond motifs is 2. The average Bonchev–Trinajstić information content (AvgIpc) is 0.822. The van der Waals surface area contributed by atoms with E-state index >= 15 is 0 Å². The van der Waals surface area contributed by atoms with Gasteiger partial charge in [0.05, 0.1) is 47.9 Å². The summed E-state index contributed by atoms with van der Waals surface area (Å²) in [7, 11) is -8.99. The average molecular weight is 1350 g/mol. The molecular weight excluding hydrogens is 1250 g/mol. The second-order valence-electron chi connectivity index (χ2n) is 23.3. The quantitative estimate of drug-likeness (QED) is 0.00887. The van der Waals surface area contributed by atoms with Crippen LogP contribution in [0, 0.1) is 5.92 Å². The SMILES string of the molecule is CCCC(=O)CC(CCP(=O)(O)O)C(=O)NCCCCC(=O)NCCOCCN1C(=O)C=CC1=O.CCCCC(=O)C(CS(=O)(=O)[O-])NC(=O)CCCCC(=O)N1CCN(C(=O)c2ccccc2-c2c3ccc(=[N+](CC)CC)cc-3oc3cc(N(CC)CC)ccc23)CC1. The monoisotopic (exact) mass is 1350 g/mol. The van der Waals surface area contributed by atoms with Crippen LogP contribution in [0.4, 0.5) is 5.69 Å². The third-order valence-electron chi connectivity index (χ3n) is 16.4. The van der Waals surface area contributed by atoms with Crippen LogP contribution in [-0.2, 0) is 57.8 Å². The third-order valence-corrected chi connectivity index (χ3v) is 18.0. The molecule has 2 aromatic carbocycles. The molecule has 7 amide bonds. The van der Waals surface area contributed by atoms with Crippen LogP contribution in [0.3, 0.4) is 0 Å². The molecule has 516 valence electrons. The first kappa shape index (κ1) is 77.2. The highest BCUT2D eigenvalue weighted by Gasteiger charge is 2.30. The Morgan fingerprint density at radius 3 is 2.04 bits per heavy atom. The summed E-state index contributed by atoms with van der Waals surface area (Å²) in [6.07, 6.45) is 6.30. The first-order valence-electron chi connectivity index (χ1n) is 32.8. The zero-order valence-electron chi connectivity index (χ0n) is 55.2. The van der Waals surface area contributed by atoms with Crippen molar-refractivity contribution >= 4 is 87.3 Å². The zero-order valence-corrected chi connectivity index (χ0v) is 56.9. The van der Waals surface area contributed by atoms with Crippen molar-refractivity contribution in [3.05, 3.63) is 83.7 Å². The number of ketones is 2. The maximum absolute atomic E-state index is 14.4. The summed E-state index contributed by atoms with van der Waals surface area (Å²) in [5.74, 6) is -3.71. The summed E-state index contributed by atoms with van der Waals surface area (Å²) >= 11 is 0. The van der Waals surface area contributed by atoms with E-state index in [0.717, 1.165) is 75.5 Å². The molecule has 0 saturated carbocycles. The Morgan fingerprint density at radius 1 is 0.734 bits per heavy atom. The summed E-state index contributed by atoms with van der Waals surface area (Å²) in [5.41, 5.74) is 5.02. The molecule has 1 saturated heterocycles. The second kappa shape index (κ2) is 38.8. The van der Waals surface area contributed by atoms with Gasteiger partial charge in [-0.25, -0.2) is 13.0 Å². The van der Waals surface area contributed by atoms with Gasteiger partial charge in [0.2, 0.25) is 29.0 Å². The Labute approximate surface area is 551 Å². The van der Waals surface area contributed by atoms with E-state index in [1.807, 2.05) is 38.1 Å². The number of nitrogens with one attached hydrogen (secondary N) is 3. The highest BCUT2D eigenvalue weighted by Crippen LogP contribution is 2.42. The Kier molecular flexibility index (Phi) is 31.9. The standard InChI is InChI=1S/C45H59N5O8S.C22H36N3O9P/c1-6-11-18-39(51)38(31-59(55,56)57)46-42(52)19-14-15-20-43(53)49-25-27-50(28-26-49)45(54)35-17-13-12-16-34(35)44-36-23-21-32(47(7-2)8-3)29-40(36)58-41-30-33(22-24-37(41)44)48(9-4)10-5;1-2-5-18(26)16-17(9-15-35(31,32)33)22(30)24-10-4-3-6-19(27)23-11-13-34-14-12-25-20(28)7-8-21(25)29/h12-13,16-17,21-24,29-30,38H,6-11,14-15,18-20,25-28,31H2,1-5H3,(H-,46,52,55,56,57);7-8,17H,2-6,9-16H2,1H3,(H,23,27)(H,24,30)(H2,31,32,33). The lowest BCUT2D eigenvalue weighted by atomic mass is 9.90. The molecule has 94 heavy (non-hydrogen) atoms. The van der Waals surface area contributed by atoms with Crippen molar-refractivity contribution < 1.29 is 79.6 Å². The number of carbonyl (C=O) groups is 9. The van der Waals surface area contributed by atoms with Crippen LogP contribution in [0.15, 0.2) is 77.2 Å². The number of piperazine rings is 1. The summed E-state index contributed by atoms with van der Waals surface area (Å²) in [5, 5.41) is 9.75. The summed E-state index contributed by atoms with van der Waals surface area (Å²) in [4.78, 5) is 136. The van der Waals surface area contributed by atoms with Crippen molar-refractivity contribution in [3.8, 4) is 22.5 Å². The smallest absolute Gasteiger partial charge is 0.325 e. The van der Waals surface area contributed by atoms with Gasteiger partial charge in [0.25, 0.3) is 17.7 Å². The number of unbranched alkanes of at least 4 members (excludes halogenated alkanes) is 3. The molecule has 0 spiro atoms. The van der Waals surface area contributed by atoms with Crippen molar-refractivity contribution in [1.82, 2.24) is 35.2 Å². The van der Waals surface area contributed by atoms with Crippen LogP contribution in [0.25, 0.3) is 33.4 Å². The van der Waals surface area contributed by atoms with E-state index in [2.05, 4.69) is 89.5 Å². The van der Waals surface area contributed by atoms with Crippen LogP contribution in [-0.4, -0.2) is 194 Å². The van der Waals surface area contributed by atoms with Gasteiger partial charge in [-0.1, -0.05) is 38.5 Å². The topological polar surface area (TPSA) is 343 Å². The van der Waals surface area contributed by atoms with E-state index in [4.69, 9.17) is 18.9 Å². The lowest BCUT2D eigenvalue weighted by molar-refractivity contribution is -0.138. The van der Waals surface area contributed by atoms with Gasteiger partial charge in [0.1, 0.15) is 36.3 Å². The van der Waals surface area contributed by atoms with E-state index in [1.54, 1.807) is 9.80 Å². The van der Waals surface area contributed by atoms with Gasteiger partial charge in [-0.2, -0.15) is 0 Å². The number of rotatable bonds is 38. The predicted octanol–water partition coefficient (Wildman–Crippen LogP) is 5.77. The van der Waals surface area contributed by atoms with E-state index in [-0.39, 0.29) is 107 Å². The van der Waals surface area contributed by atoms with E-state index in [9.17, 15) is 60.7 Å². The fourth-order valence-corrected chi connectivity index (χ4v) is 12.5. The zero-order chi connectivity index (χ0) is 69.0. The third kappa shape index (κ3) is 24.7. The molecule has 0 radical (unpaired) electrons. The van der Waals surface area contributed by atoms with Crippen molar-refractivity contribution in [2.45, 2.75) is 137 Å². The second-order valence-corrected chi connectivity index (χ2v) is 26.5. The molecular formula is C67H95N8O17PS. The van der Waals surface area contributed by atoms with Crippen LogP contribution in [0.2, 0.25) is 0 Å². The fraction of sp³-hybridized carbons (Fsp3) is 0.552. The molecule has 6 rings (SSSR count). The van der Waals surface area contributed by atoms with Crippen molar-refractivity contribution in [1.29, 1.82) is 0 Å². The maximum Gasteiger partial charge on any atom is 0.325 e. The van der Waals surface area contributed by atoms with Crippen LogP contribution < -0.4 is 30.8 Å². The number of nitrogens with zero attached hydrogens (tertiary/aromatic N) is 5. The number of carbonyl (C=O) groups excluding carboxylic acids is 9. The van der Waals surface area contributed by atoms with Gasteiger partial charge in [-0.05, 0) is 102 Å². The Morgan fingerprint density at radius 2 is 1.39 bits per heavy atom. The maximum atomic E-state index is 14.4. The van der Waals surface area contributed by atoms with Gasteiger partial charge < -0.3 is 54.1 Å². The van der Waals surface area contributed by atoms with E-state index < -0.39 is 59.2 Å². The predicted molar refractivity (Wildman–Crippen MR) is 356 cm³/mol. The van der Waals surface area contributed by atoms with Gasteiger partial charge in [0.15, 0.2) is 5.78 Å². The minimum atomic E-state index is -4.72. The molecule has 3 aliphatic heterocycles. The van der Waals surface area contributed by atoms with Crippen molar-refractivity contribution in [3.63, 3.8) is 0 Å². The number of benzene rings is 3. The number of hydrogen-bond acceptors (Lipinski definition) is 16. The number of hydrogen-bond donors (Lipinski definition) is 5. The summed E-state index contributed by atoms with van der Waals surface area (Å²) in [6.45, 7) is 18.3. The van der Waals surface area contributed by atoms with Gasteiger partial charge in [-0.3, -0.25) is 52.6 Å². The molecule has 3 heterocycles. The van der Waals surface area contributed by atoms with Gasteiger partial charge in [0, 0.05) is 149 Å². The van der Waals surface area contributed by atoms with Gasteiger partial charge >= 0.3 is 7.60 Å². The Hall–Kier alpha value is -7.48. The largest absolute Gasteiger partial charge is 0.748 e. The highest BCUT2D eigenvalue weighted by atomic mass is 32.2. The molecule has 0 bridgehead atoms. The highest BCUT2D eigenvalue weighted by molar-refractivity contribution is 7.85. The Bertz CT molecular complexity index is 3480. The molecule has 5 N–H and O–H groups in total. The van der Waals surface area contributed by atoms with E-state index in [1.165, 1.54) is 12.2 Å². The van der Waals surface area contributed by atoms with Gasteiger partial charge in [-0.15, -0.1) is 0 Å². The summed E-state index contributed by atoms with van der Waals surface area (Å²) < 4.78 is 59.4. The molecule has 2 unspecified atom stereocenters. The number of anilines is 1. The minimum Gasteiger partial charge on any atom is -0.748 e. The van der Waals surface area contributed by atoms with E-state index in [0.29, 0.717) is 83.1 Å². The number of Topliss-reactive ketones (excluding diaryl/α,β-unsaturated/α-hetero) is 2. The first-order valence-corrected chi connectivity index (χ1v) is 36.2. The Balaban J connectivity index is 0.000000391.